The Morgan fingerprint density at radius 3 is 2.86 bits per heavy atom. The van der Waals surface area contributed by atoms with E-state index in [0.29, 0.717) is 6.04 Å². The minimum absolute atomic E-state index is 0.352. The number of likely N-dealkylation sites (N-methyl/N-ethyl adjacent to an activating group) is 1. The van der Waals surface area contributed by atoms with E-state index in [0.717, 1.165) is 48.1 Å². The molecule has 0 bridgehead atoms. The number of hydrogen-bond donors (Lipinski definition) is 1. The van der Waals surface area contributed by atoms with Crippen LogP contribution in [0.3, 0.4) is 0 Å². The highest BCUT2D eigenvalue weighted by atomic mass is 32.1. The molecule has 21 heavy (non-hydrogen) atoms. The van der Waals surface area contributed by atoms with Crippen LogP contribution in [0.1, 0.15) is 26.6 Å². The van der Waals surface area contributed by atoms with Crippen molar-refractivity contribution < 1.29 is 4.74 Å². The van der Waals surface area contributed by atoms with Crippen LogP contribution in [0.5, 0.6) is 0 Å². The highest BCUT2D eigenvalue weighted by molar-refractivity contribution is 7.16. The highest BCUT2D eigenvalue weighted by Crippen LogP contribution is 2.25. The van der Waals surface area contributed by atoms with E-state index in [1.54, 1.807) is 18.4 Å². The predicted octanol–water partition coefficient (Wildman–Crippen LogP) is 2.98. The summed E-state index contributed by atoms with van der Waals surface area (Å²) in [4.78, 5) is 12.8. The maximum absolute atomic E-state index is 5.25. The summed E-state index contributed by atoms with van der Waals surface area (Å²) in [6.07, 6.45) is 0. The summed E-state index contributed by atoms with van der Waals surface area (Å²) in [6.45, 7) is 9.68. The number of rotatable bonds is 8. The Morgan fingerprint density at radius 2 is 2.19 bits per heavy atom. The molecule has 0 aromatic carbocycles. The minimum atomic E-state index is 0.352. The number of nitrogens with zero attached hydrogens (tertiary/aromatic N) is 3. The minimum Gasteiger partial charge on any atom is -0.383 e. The zero-order valence-corrected chi connectivity index (χ0v) is 14.0. The number of anilines is 1. The maximum atomic E-state index is 5.25. The third kappa shape index (κ3) is 3.90. The molecule has 0 aliphatic heterocycles. The highest BCUT2D eigenvalue weighted by Gasteiger charge is 2.15. The van der Waals surface area contributed by atoms with Gasteiger partial charge in [0.05, 0.1) is 18.5 Å². The van der Waals surface area contributed by atoms with Crippen LogP contribution < -0.4 is 5.32 Å². The number of hydrogen-bond acceptors (Lipinski definition) is 6. The number of fused-ring (bicyclic) bond motifs is 1. The van der Waals surface area contributed by atoms with E-state index in [9.17, 15) is 0 Å². The van der Waals surface area contributed by atoms with E-state index in [2.05, 4.69) is 42.4 Å². The van der Waals surface area contributed by atoms with Gasteiger partial charge in [-0.25, -0.2) is 9.97 Å². The molecule has 0 amide bonds. The molecule has 0 fully saturated rings. The van der Waals surface area contributed by atoms with Crippen molar-refractivity contribution in [3.05, 3.63) is 17.3 Å². The van der Waals surface area contributed by atoms with Crippen LogP contribution in [0, 0.1) is 0 Å². The first-order valence-electron chi connectivity index (χ1n) is 7.40. The quantitative estimate of drug-likeness (QED) is 0.812. The van der Waals surface area contributed by atoms with Crippen molar-refractivity contribution in [1.82, 2.24) is 14.9 Å². The smallest absolute Gasteiger partial charge is 0.146 e. The molecular formula is C15H24N4OS. The van der Waals surface area contributed by atoms with Gasteiger partial charge < -0.3 is 10.1 Å². The Bertz CT molecular complexity index is 572. The van der Waals surface area contributed by atoms with E-state index >= 15 is 0 Å². The van der Waals surface area contributed by atoms with E-state index in [1.807, 2.05) is 0 Å². The molecule has 116 valence electrons. The number of aromatic nitrogens is 2. The Balaban J connectivity index is 2.24. The van der Waals surface area contributed by atoms with Gasteiger partial charge in [0.25, 0.3) is 0 Å². The van der Waals surface area contributed by atoms with Gasteiger partial charge in [0.2, 0.25) is 0 Å². The molecule has 5 nitrogen and oxygen atoms in total. The molecule has 1 unspecified atom stereocenters. The first kappa shape index (κ1) is 16.1. The molecule has 2 rings (SSSR count). The van der Waals surface area contributed by atoms with Gasteiger partial charge in [-0.2, -0.15) is 0 Å². The molecule has 6 heteroatoms. The molecule has 2 aromatic heterocycles. The van der Waals surface area contributed by atoms with Crippen molar-refractivity contribution in [1.29, 1.82) is 0 Å². The van der Waals surface area contributed by atoms with E-state index in [4.69, 9.17) is 14.7 Å². The fourth-order valence-corrected chi connectivity index (χ4v) is 3.16. The third-order valence-corrected chi connectivity index (χ3v) is 4.30. The van der Waals surface area contributed by atoms with Crippen molar-refractivity contribution in [2.45, 2.75) is 33.4 Å². The third-order valence-electron chi connectivity index (χ3n) is 3.50. The van der Waals surface area contributed by atoms with E-state index in [1.165, 1.54) is 0 Å². The fourth-order valence-electron chi connectivity index (χ4n) is 2.38. The Hall–Kier alpha value is -1.24. The molecule has 1 atom stereocenters. The molecule has 0 aliphatic carbocycles. The van der Waals surface area contributed by atoms with Gasteiger partial charge in [0, 0.05) is 19.7 Å². The molecule has 0 aliphatic rings. The molecule has 0 spiro atoms. The summed E-state index contributed by atoms with van der Waals surface area (Å²) in [6, 6.07) is 2.43. The number of nitrogens with one attached hydrogen (secondary N) is 1. The average Bonchev–Trinajstić information content (AvgIpc) is 2.93. The van der Waals surface area contributed by atoms with Gasteiger partial charge in [-0.15, -0.1) is 11.3 Å². The lowest BCUT2D eigenvalue weighted by Crippen LogP contribution is -2.36. The summed E-state index contributed by atoms with van der Waals surface area (Å²) < 4.78 is 5.25. The fraction of sp³-hybridized carbons (Fsp3) is 0.600. The first-order valence-corrected chi connectivity index (χ1v) is 8.28. The molecule has 1 N–H and O–H groups in total. The molecule has 0 saturated heterocycles. The molecule has 0 radical (unpaired) electrons. The largest absolute Gasteiger partial charge is 0.383 e. The van der Waals surface area contributed by atoms with Crippen LogP contribution in [0.2, 0.25) is 0 Å². The van der Waals surface area contributed by atoms with E-state index in [-0.39, 0.29) is 0 Å². The first-order chi connectivity index (χ1) is 10.2. The van der Waals surface area contributed by atoms with Crippen molar-refractivity contribution in [2.24, 2.45) is 0 Å². The van der Waals surface area contributed by atoms with Crippen LogP contribution in [-0.2, 0) is 11.3 Å². The molecule has 2 heterocycles. The van der Waals surface area contributed by atoms with Crippen molar-refractivity contribution in [2.75, 3.05) is 32.1 Å². The SMILES string of the molecule is CCNc1nc(CN(CC)C(C)COC)nc2sccc12. The van der Waals surface area contributed by atoms with Gasteiger partial charge in [0.15, 0.2) is 0 Å². The molecule has 0 saturated carbocycles. The monoisotopic (exact) mass is 308 g/mol. The molecule has 2 aromatic rings. The summed E-state index contributed by atoms with van der Waals surface area (Å²) in [7, 11) is 1.74. The lowest BCUT2D eigenvalue weighted by Gasteiger charge is -2.26. The summed E-state index contributed by atoms with van der Waals surface area (Å²) in [5.74, 6) is 1.81. The van der Waals surface area contributed by atoms with Gasteiger partial charge in [-0.1, -0.05) is 6.92 Å². The Morgan fingerprint density at radius 1 is 1.38 bits per heavy atom. The number of ether oxygens (including phenoxy) is 1. The van der Waals surface area contributed by atoms with Gasteiger partial charge in [-0.3, -0.25) is 4.90 Å². The lowest BCUT2D eigenvalue weighted by molar-refractivity contribution is 0.0966. The summed E-state index contributed by atoms with van der Waals surface area (Å²) >= 11 is 1.66. The van der Waals surface area contributed by atoms with Crippen LogP contribution >= 0.6 is 11.3 Å². The number of thiophene rings is 1. The van der Waals surface area contributed by atoms with Gasteiger partial charge in [0.1, 0.15) is 16.5 Å². The van der Waals surface area contributed by atoms with Crippen LogP contribution in [-0.4, -0.2) is 47.7 Å². The molecular weight excluding hydrogens is 284 g/mol. The van der Waals surface area contributed by atoms with Crippen LogP contribution in [0.25, 0.3) is 10.2 Å². The zero-order valence-electron chi connectivity index (χ0n) is 13.2. The van der Waals surface area contributed by atoms with E-state index < -0.39 is 0 Å². The van der Waals surface area contributed by atoms with Crippen molar-refractivity contribution in [3.8, 4) is 0 Å². The Kier molecular flexibility index (Phi) is 5.90. The average molecular weight is 308 g/mol. The number of methoxy groups -OCH3 is 1. The second-order valence-electron chi connectivity index (χ2n) is 5.03. The maximum Gasteiger partial charge on any atom is 0.146 e. The predicted molar refractivity (Wildman–Crippen MR) is 89.0 cm³/mol. The zero-order chi connectivity index (χ0) is 15.2. The van der Waals surface area contributed by atoms with Crippen molar-refractivity contribution in [3.63, 3.8) is 0 Å². The van der Waals surface area contributed by atoms with Gasteiger partial charge in [-0.05, 0) is 31.8 Å². The summed E-state index contributed by atoms with van der Waals surface area (Å²) in [5, 5.41) is 6.51. The topological polar surface area (TPSA) is 50.3 Å². The van der Waals surface area contributed by atoms with Crippen LogP contribution in [0.15, 0.2) is 11.4 Å². The normalized spacial score (nSPS) is 13.0. The van der Waals surface area contributed by atoms with Crippen molar-refractivity contribution >= 4 is 27.4 Å². The van der Waals surface area contributed by atoms with Crippen LogP contribution in [0.4, 0.5) is 5.82 Å². The van der Waals surface area contributed by atoms with Gasteiger partial charge >= 0.3 is 0 Å². The standard InChI is InChI=1S/C15H24N4OS/c1-5-16-14-12-7-8-21-15(12)18-13(17-14)9-19(6-2)11(3)10-20-4/h7-8,11H,5-6,9-10H2,1-4H3,(H,16,17,18). The Labute approximate surface area is 130 Å². The lowest BCUT2D eigenvalue weighted by atomic mass is 10.3. The summed E-state index contributed by atoms with van der Waals surface area (Å²) in [5.41, 5.74) is 0. The second-order valence-corrected chi connectivity index (χ2v) is 5.92. The second kappa shape index (κ2) is 7.68.